The molecule has 24 heavy (non-hydrogen) atoms. The normalized spacial score (nSPS) is 10.7. The largest absolute Gasteiger partial charge is 0.352 e. The standard InChI is InChI=1S/C19H19N3O2/c1-13-5-4-6-14(11-13)12-20-18(23)10-9-17-21-16-8-3-2-7-15(16)19(24)22-17/h2-8,11H,9-10,12H2,1H3,(H,20,23)(H,21,22,24). The third-order valence-electron chi connectivity index (χ3n) is 3.82. The molecule has 0 bridgehead atoms. The minimum Gasteiger partial charge on any atom is -0.352 e. The number of para-hydroxylation sites is 1. The zero-order chi connectivity index (χ0) is 16.9. The lowest BCUT2D eigenvalue weighted by Crippen LogP contribution is -2.23. The number of hydrogen-bond donors (Lipinski definition) is 2. The number of benzene rings is 2. The van der Waals surface area contributed by atoms with Crippen LogP contribution in [0.5, 0.6) is 0 Å². The second-order valence-corrected chi connectivity index (χ2v) is 5.80. The van der Waals surface area contributed by atoms with Gasteiger partial charge >= 0.3 is 0 Å². The second-order valence-electron chi connectivity index (χ2n) is 5.80. The number of hydrogen-bond acceptors (Lipinski definition) is 3. The monoisotopic (exact) mass is 321 g/mol. The number of fused-ring (bicyclic) bond motifs is 1. The maximum absolute atomic E-state index is 12.0. The number of rotatable bonds is 5. The number of amides is 1. The molecule has 0 aliphatic carbocycles. The summed E-state index contributed by atoms with van der Waals surface area (Å²) in [5.74, 6) is 0.469. The van der Waals surface area contributed by atoms with Crippen LogP contribution in [-0.4, -0.2) is 15.9 Å². The number of aryl methyl sites for hydroxylation is 2. The molecule has 0 radical (unpaired) electrons. The maximum atomic E-state index is 12.0. The number of aromatic amines is 1. The van der Waals surface area contributed by atoms with Gasteiger partial charge in [0.05, 0.1) is 10.9 Å². The van der Waals surface area contributed by atoms with Crippen molar-refractivity contribution in [1.29, 1.82) is 0 Å². The van der Waals surface area contributed by atoms with E-state index in [0.29, 0.717) is 29.7 Å². The molecule has 5 heteroatoms. The lowest BCUT2D eigenvalue weighted by atomic mass is 10.1. The highest BCUT2D eigenvalue weighted by molar-refractivity contribution is 5.78. The van der Waals surface area contributed by atoms with E-state index >= 15 is 0 Å². The fourth-order valence-corrected chi connectivity index (χ4v) is 2.60. The summed E-state index contributed by atoms with van der Waals surface area (Å²) >= 11 is 0. The summed E-state index contributed by atoms with van der Waals surface area (Å²) in [7, 11) is 0. The zero-order valence-corrected chi connectivity index (χ0v) is 13.5. The number of nitrogens with one attached hydrogen (secondary N) is 2. The molecule has 0 saturated heterocycles. The highest BCUT2D eigenvalue weighted by Gasteiger charge is 2.06. The molecule has 3 aromatic rings. The van der Waals surface area contributed by atoms with Crippen LogP contribution in [0.25, 0.3) is 10.9 Å². The summed E-state index contributed by atoms with van der Waals surface area (Å²) < 4.78 is 0. The van der Waals surface area contributed by atoms with Gasteiger partial charge in [-0.1, -0.05) is 42.0 Å². The van der Waals surface area contributed by atoms with E-state index < -0.39 is 0 Å². The molecule has 0 saturated carbocycles. The van der Waals surface area contributed by atoms with Crippen molar-refractivity contribution < 1.29 is 4.79 Å². The minimum absolute atomic E-state index is 0.0627. The van der Waals surface area contributed by atoms with E-state index in [1.165, 1.54) is 5.56 Å². The molecule has 1 heterocycles. The summed E-state index contributed by atoms with van der Waals surface area (Å²) in [6.07, 6.45) is 0.687. The van der Waals surface area contributed by atoms with Crippen LogP contribution >= 0.6 is 0 Å². The first-order chi connectivity index (χ1) is 11.6. The third-order valence-corrected chi connectivity index (χ3v) is 3.82. The van der Waals surface area contributed by atoms with Crippen LogP contribution in [0.1, 0.15) is 23.4 Å². The summed E-state index contributed by atoms with van der Waals surface area (Å²) in [6.45, 7) is 2.52. The molecule has 3 rings (SSSR count). The lowest BCUT2D eigenvalue weighted by Gasteiger charge is -2.06. The molecule has 0 aliphatic heterocycles. The van der Waals surface area contributed by atoms with Crippen LogP contribution in [0.3, 0.4) is 0 Å². The Kier molecular flexibility index (Phi) is 4.70. The number of carbonyl (C=O) groups is 1. The smallest absolute Gasteiger partial charge is 0.258 e. The van der Waals surface area contributed by atoms with Gasteiger partial charge in [-0.15, -0.1) is 0 Å². The summed E-state index contributed by atoms with van der Waals surface area (Å²) in [6, 6.07) is 15.2. The Bertz CT molecular complexity index is 931. The summed E-state index contributed by atoms with van der Waals surface area (Å²) in [5, 5.41) is 3.45. The molecule has 2 aromatic carbocycles. The van der Waals surface area contributed by atoms with E-state index in [0.717, 1.165) is 5.56 Å². The van der Waals surface area contributed by atoms with Crippen LogP contribution in [0.2, 0.25) is 0 Å². The Morgan fingerprint density at radius 3 is 2.83 bits per heavy atom. The highest BCUT2D eigenvalue weighted by atomic mass is 16.1. The predicted molar refractivity (Wildman–Crippen MR) is 93.7 cm³/mol. The number of H-pyrrole nitrogens is 1. The fourth-order valence-electron chi connectivity index (χ4n) is 2.60. The zero-order valence-electron chi connectivity index (χ0n) is 13.5. The molecule has 0 aliphatic rings. The quantitative estimate of drug-likeness (QED) is 0.758. The molecule has 0 unspecified atom stereocenters. The van der Waals surface area contributed by atoms with Crippen LogP contribution in [0.15, 0.2) is 53.3 Å². The van der Waals surface area contributed by atoms with Gasteiger partial charge in [-0.05, 0) is 24.6 Å². The topological polar surface area (TPSA) is 74.8 Å². The van der Waals surface area contributed by atoms with Gasteiger partial charge in [0.2, 0.25) is 5.91 Å². The first-order valence-corrected chi connectivity index (χ1v) is 7.92. The van der Waals surface area contributed by atoms with Gasteiger partial charge in [-0.25, -0.2) is 4.98 Å². The lowest BCUT2D eigenvalue weighted by molar-refractivity contribution is -0.121. The molecule has 1 aromatic heterocycles. The van der Waals surface area contributed by atoms with Crippen molar-refractivity contribution in [3.8, 4) is 0 Å². The Morgan fingerprint density at radius 2 is 2.00 bits per heavy atom. The van der Waals surface area contributed by atoms with Crippen molar-refractivity contribution in [3.05, 3.63) is 75.8 Å². The second kappa shape index (κ2) is 7.08. The number of nitrogens with zero attached hydrogens (tertiary/aromatic N) is 1. The summed E-state index contributed by atoms with van der Waals surface area (Å²) in [5.41, 5.74) is 2.72. The molecule has 0 atom stereocenters. The van der Waals surface area contributed by atoms with E-state index in [9.17, 15) is 9.59 Å². The average molecular weight is 321 g/mol. The van der Waals surface area contributed by atoms with Gasteiger partial charge in [-0.2, -0.15) is 0 Å². The van der Waals surface area contributed by atoms with E-state index in [1.54, 1.807) is 18.2 Å². The van der Waals surface area contributed by atoms with E-state index in [4.69, 9.17) is 0 Å². The first kappa shape index (κ1) is 15.9. The van der Waals surface area contributed by atoms with Crippen molar-refractivity contribution >= 4 is 16.8 Å². The van der Waals surface area contributed by atoms with Gasteiger partial charge in [-0.3, -0.25) is 9.59 Å². The maximum Gasteiger partial charge on any atom is 0.258 e. The molecule has 1 amide bonds. The van der Waals surface area contributed by atoms with E-state index in [-0.39, 0.29) is 17.9 Å². The molecule has 122 valence electrons. The highest BCUT2D eigenvalue weighted by Crippen LogP contribution is 2.07. The van der Waals surface area contributed by atoms with Gasteiger partial charge in [0.25, 0.3) is 5.56 Å². The van der Waals surface area contributed by atoms with Crippen molar-refractivity contribution in [2.24, 2.45) is 0 Å². The van der Waals surface area contributed by atoms with E-state index in [2.05, 4.69) is 15.3 Å². The van der Waals surface area contributed by atoms with Gasteiger partial charge in [0, 0.05) is 19.4 Å². The predicted octanol–water partition coefficient (Wildman–Crippen LogP) is 2.48. The summed E-state index contributed by atoms with van der Waals surface area (Å²) in [4.78, 5) is 31.1. The molecule has 0 fully saturated rings. The number of aromatic nitrogens is 2. The van der Waals surface area contributed by atoms with Gasteiger partial charge in [0.1, 0.15) is 5.82 Å². The van der Waals surface area contributed by atoms with Crippen LogP contribution in [-0.2, 0) is 17.8 Å². The van der Waals surface area contributed by atoms with Gasteiger partial charge in [0.15, 0.2) is 0 Å². The Hall–Kier alpha value is -2.95. The molecule has 5 nitrogen and oxygen atoms in total. The number of carbonyl (C=O) groups excluding carboxylic acids is 1. The van der Waals surface area contributed by atoms with E-state index in [1.807, 2.05) is 37.3 Å². The molecular formula is C19H19N3O2. The SMILES string of the molecule is Cc1cccc(CNC(=O)CCc2nc3ccccc3c(=O)[nH]2)c1. The van der Waals surface area contributed by atoms with Crippen molar-refractivity contribution in [2.45, 2.75) is 26.3 Å². The van der Waals surface area contributed by atoms with Crippen LogP contribution < -0.4 is 10.9 Å². The Morgan fingerprint density at radius 1 is 1.17 bits per heavy atom. The molecule has 0 spiro atoms. The Balaban J connectivity index is 1.59. The fraction of sp³-hybridized carbons (Fsp3) is 0.211. The van der Waals surface area contributed by atoms with Crippen molar-refractivity contribution in [1.82, 2.24) is 15.3 Å². The van der Waals surface area contributed by atoms with Crippen molar-refractivity contribution in [2.75, 3.05) is 0 Å². The van der Waals surface area contributed by atoms with Crippen LogP contribution in [0, 0.1) is 6.92 Å². The third kappa shape index (κ3) is 3.87. The average Bonchev–Trinajstić information content (AvgIpc) is 2.58. The van der Waals surface area contributed by atoms with Crippen LogP contribution in [0.4, 0.5) is 0 Å². The minimum atomic E-state index is -0.171. The van der Waals surface area contributed by atoms with Gasteiger partial charge < -0.3 is 10.3 Å². The molecule has 2 N–H and O–H groups in total. The molecular weight excluding hydrogens is 302 g/mol. The van der Waals surface area contributed by atoms with Crippen molar-refractivity contribution in [3.63, 3.8) is 0 Å². The first-order valence-electron chi connectivity index (χ1n) is 7.92. The Labute approximate surface area is 139 Å².